The van der Waals surface area contributed by atoms with Crippen LogP contribution in [0.1, 0.15) is 35.6 Å². The van der Waals surface area contributed by atoms with Crippen molar-refractivity contribution in [2.24, 2.45) is 4.99 Å². The van der Waals surface area contributed by atoms with Gasteiger partial charge in [0.2, 0.25) is 5.90 Å². The molecular weight excluding hydrogens is 520 g/mol. The lowest BCUT2D eigenvalue weighted by Gasteiger charge is -2.29. The van der Waals surface area contributed by atoms with Gasteiger partial charge in [-0.3, -0.25) is 10.2 Å². The average molecular weight is 552 g/mol. The molecule has 0 fully saturated rings. The van der Waals surface area contributed by atoms with Crippen molar-refractivity contribution in [3.05, 3.63) is 108 Å². The third-order valence-electron chi connectivity index (χ3n) is 6.38. The number of benzene rings is 3. The molecule has 1 aliphatic rings. The van der Waals surface area contributed by atoms with E-state index in [0.717, 1.165) is 12.1 Å². The molecular formula is C30H31F2N3O5. The summed E-state index contributed by atoms with van der Waals surface area (Å²) in [5, 5.41) is 8.96. The molecule has 3 N–H and O–H groups in total. The summed E-state index contributed by atoms with van der Waals surface area (Å²) in [5.74, 6) is -0.501. The number of aliphatic imine (C=N–C) groups is 1. The molecule has 0 aliphatic carbocycles. The lowest BCUT2D eigenvalue weighted by atomic mass is 9.84. The topological polar surface area (TPSA) is 101 Å². The minimum absolute atomic E-state index is 0.0372. The van der Waals surface area contributed by atoms with Crippen LogP contribution in [0.2, 0.25) is 0 Å². The number of amides is 1. The van der Waals surface area contributed by atoms with Crippen LogP contribution in [-0.4, -0.2) is 42.8 Å². The monoisotopic (exact) mass is 551 g/mol. The number of aliphatic hydroxyl groups excluding tert-OH is 1. The van der Waals surface area contributed by atoms with Crippen LogP contribution in [0.25, 0.3) is 0 Å². The molecule has 8 nitrogen and oxygen atoms in total. The third kappa shape index (κ3) is 6.47. The number of methoxy groups -OCH3 is 1. The Morgan fingerprint density at radius 3 is 2.65 bits per heavy atom. The maximum absolute atomic E-state index is 14.1. The van der Waals surface area contributed by atoms with E-state index in [-0.39, 0.29) is 31.0 Å². The first-order valence-corrected chi connectivity index (χ1v) is 12.7. The van der Waals surface area contributed by atoms with Gasteiger partial charge in [0.05, 0.1) is 13.7 Å². The molecule has 0 aromatic heterocycles. The third-order valence-corrected chi connectivity index (χ3v) is 6.38. The number of rotatable bonds is 13. The molecule has 0 saturated heterocycles. The molecule has 40 heavy (non-hydrogen) atoms. The van der Waals surface area contributed by atoms with Gasteiger partial charge >= 0.3 is 0 Å². The molecule has 2 atom stereocenters. The molecule has 10 heteroatoms. The Morgan fingerprint density at radius 1 is 1.15 bits per heavy atom. The number of nitrogens with one attached hydrogen (secondary N) is 2. The van der Waals surface area contributed by atoms with E-state index in [0.29, 0.717) is 35.7 Å². The van der Waals surface area contributed by atoms with Crippen molar-refractivity contribution in [1.82, 2.24) is 10.9 Å². The summed E-state index contributed by atoms with van der Waals surface area (Å²) in [6, 6.07) is 17.4. The van der Waals surface area contributed by atoms with Crippen LogP contribution in [0.3, 0.4) is 0 Å². The smallest absolute Gasteiger partial charge is 0.266 e. The number of aliphatic hydroxyl groups is 1. The number of hydrogen-bond acceptors (Lipinski definition) is 7. The van der Waals surface area contributed by atoms with Gasteiger partial charge in [-0.05, 0) is 48.0 Å². The van der Waals surface area contributed by atoms with Crippen molar-refractivity contribution >= 4 is 11.8 Å². The number of ether oxygens (including phenoxy) is 3. The first-order chi connectivity index (χ1) is 19.4. The van der Waals surface area contributed by atoms with Crippen LogP contribution in [0.4, 0.5) is 8.78 Å². The largest absolute Gasteiger partial charge is 0.497 e. The summed E-state index contributed by atoms with van der Waals surface area (Å²) in [6.45, 7) is 4.17. The summed E-state index contributed by atoms with van der Waals surface area (Å²) in [4.78, 5) is 18.6. The van der Waals surface area contributed by atoms with Crippen molar-refractivity contribution in [2.45, 2.75) is 31.0 Å². The maximum Gasteiger partial charge on any atom is 0.266 e. The zero-order chi connectivity index (χ0) is 28.5. The van der Waals surface area contributed by atoms with Crippen molar-refractivity contribution in [3.63, 3.8) is 0 Å². The molecule has 0 unspecified atom stereocenters. The zero-order valence-electron chi connectivity index (χ0n) is 22.0. The van der Waals surface area contributed by atoms with Gasteiger partial charge in [0.15, 0.2) is 11.6 Å². The highest BCUT2D eigenvalue weighted by Crippen LogP contribution is 2.43. The molecule has 1 amide bonds. The molecule has 4 rings (SSSR count). The number of nitrogens with zero attached hydrogens (tertiary/aromatic N) is 1. The summed E-state index contributed by atoms with van der Waals surface area (Å²) in [5.41, 5.74) is 5.34. The number of hydrogen-bond donors (Lipinski definition) is 3. The van der Waals surface area contributed by atoms with Crippen molar-refractivity contribution in [2.75, 3.05) is 20.3 Å². The Balaban J connectivity index is 1.63. The Bertz CT molecular complexity index is 1370. The molecule has 210 valence electrons. The fraction of sp³-hybridized carbons (Fsp3) is 0.267. The van der Waals surface area contributed by atoms with Crippen molar-refractivity contribution in [3.8, 4) is 11.5 Å². The number of carbonyl (C=O) groups excluding carboxylic acids is 1. The van der Waals surface area contributed by atoms with E-state index >= 15 is 0 Å². The van der Waals surface area contributed by atoms with Crippen LogP contribution in [0.5, 0.6) is 11.5 Å². The average Bonchev–Trinajstić information content (AvgIpc) is 3.35. The zero-order valence-corrected chi connectivity index (χ0v) is 22.0. The molecule has 3 aromatic rings. The molecule has 0 spiro atoms. The Hall–Kier alpha value is -4.28. The number of hydrazine groups is 1. The minimum Gasteiger partial charge on any atom is -0.497 e. The number of carbonyl (C=O) groups is 1. The Labute approximate surface area is 231 Å². The lowest BCUT2D eigenvalue weighted by molar-refractivity contribution is -0.129. The van der Waals surface area contributed by atoms with E-state index in [1.165, 1.54) is 6.07 Å². The van der Waals surface area contributed by atoms with Gasteiger partial charge in [-0.1, -0.05) is 24.3 Å². The maximum atomic E-state index is 14.1. The molecule has 3 aromatic carbocycles. The van der Waals surface area contributed by atoms with E-state index in [1.54, 1.807) is 55.7 Å². The highest BCUT2D eigenvalue weighted by molar-refractivity contribution is 6.01. The predicted octanol–water partition coefficient (Wildman–Crippen LogP) is 4.39. The summed E-state index contributed by atoms with van der Waals surface area (Å²) >= 11 is 0. The quantitative estimate of drug-likeness (QED) is 0.166. The summed E-state index contributed by atoms with van der Waals surface area (Å²) in [7, 11) is 1.54. The predicted molar refractivity (Wildman–Crippen MR) is 146 cm³/mol. The van der Waals surface area contributed by atoms with E-state index < -0.39 is 29.2 Å². The first kappa shape index (κ1) is 28.7. The van der Waals surface area contributed by atoms with Crippen LogP contribution in [0, 0.1) is 11.6 Å². The van der Waals surface area contributed by atoms with E-state index in [1.807, 2.05) is 6.07 Å². The number of halogens is 2. The van der Waals surface area contributed by atoms with Crippen LogP contribution in [-0.2, 0) is 16.1 Å². The van der Waals surface area contributed by atoms with Gasteiger partial charge in [-0.2, -0.15) is 0 Å². The lowest BCUT2D eigenvalue weighted by Crippen LogP contribution is -2.52. The molecule has 1 heterocycles. The Kier molecular flexibility index (Phi) is 9.47. The van der Waals surface area contributed by atoms with Crippen LogP contribution < -0.4 is 20.3 Å². The van der Waals surface area contributed by atoms with Gasteiger partial charge in [-0.25, -0.2) is 19.2 Å². The SMILES string of the molecule is C=CC[C@]1(C(=O)NNCc2ccc(F)cc2F)N=C(c2ccc(OCCCO)cc2)O[C@H]1c1cccc(OC)c1. The van der Waals surface area contributed by atoms with Crippen LogP contribution >= 0.6 is 0 Å². The second-order valence-corrected chi connectivity index (χ2v) is 9.10. The second kappa shape index (κ2) is 13.2. The van der Waals surface area contributed by atoms with Gasteiger partial charge in [0.25, 0.3) is 5.91 Å². The van der Waals surface area contributed by atoms with Crippen molar-refractivity contribution < 1.29 is 32.9 Å². The van der Waals surface area contributed by atoms with Gasteiger partial charge in [0, 0.05) is 43.2 Å². The second-order valence-electron chi connectivity index (χ2n) is 9.10. The minimum atomic E-state index is -1.46. The van der Waals surface area contributed by atoms with Crippen LogP contribution in [0.15, 0.2) is 84.4 Å². The van der Waals surface area contributed by atoms with Gasteiger partial charge in [0.1, 0.15) is 23.1 Å². The van der Waals surface area contributed by atoms with E-state index in [4.69, 9.17) is 24.3 Å². The summed E-state index contributed by atoms with van der Waals surface area (Å²) < 4.78 is 44.7. The fourth-order valence-corrected chi connectivity index (χ4v) is 4.33. The highest BCUT2D eigenvalue weighted by Gasteiger charge is 2.52. The van der Waals surface area contributed by atoms with E-state index in [2.05, 4.69) is 17.4 Å². The van der Waals surface area contributed by atoms with Gasteiger partial charge < -0.3 is 19.3 Å². The summed E-state index contributed by atoms with van der Waals surface area (Å²) in [6.07, 6.45) is 1.38. The molecule has 0 saturated carbocycles. The fourth-order valence-electron chi connectivity index (χ4n) is 4.33. The normalized spacial score (nSPS) is 18.0. The molecule has 0 bridgehead atoms. The molecule has 1 aliphatic heterocycles. The Morgan fingerprint density at radius 2 is 1.95 bits per heavy atom. The standard InChI is InChI=1S/C30H31F2N3O5/c1-3-14-30(29(37)35-33-19-22-8-11-23(31)18-26(22)32)27(21-6-4-7-25(17-21)38-2)40-28(34-30)20-9-12-24(13-10-20)39-16-5-15-36/h3-4,6-13,17-18,27,33,36H,1,5,14-16,19H2,2H3,(H,35,37)/t27-,30-/m0/s1. The van der Waals surface area contributed by atoms with Crippen molar-refractivity contribution in [1.29, 1.82) is 0 Å². The van der Waals surface area contributed by atoms with E-state index in [9.17, 15) is 13.6 Å². The highest BCUT2D eigenvalue weighted by atomic mass is 19.1. The van der Waals surface area contributed by atoms with Gasteiger partial charge in [-0.15, -0.1) is 6.58 Å². The first-order valence-electron chi connectivity index (χ1n) is 12.7. The molecule has 0 radical (unpaired) electrons.